The Morgan fingerprint density at radius 1 is 1.22 bits per heavy atom. The van der Waals surface area contributed by atoms with Gasteiger partial charge in [-0.05, 0) is 60.9 Å². The number of imidazole rings is 1. The van der Waals surface area contributed by atoms with Crippen LogP contribution in [0.5, 0.6) is 5.75 Å². The molecule has 136 valence electrons. The number of amides is 1. The molecule has 7 heteroatoms. The van der Waals surface area contributed by atoms with E-state index in [0.717, 1.165) is 27.7 Å². The van der Waals surface area contributed by atoms with Crippen molar-refractivity contribution in [2.45, 2.75) is 13.8 Å². The number of primary amides is 1. The lowest BCUT2D eigenvalue weighted by molar-refractivity contribution is -0.119. The molecule has 1 amide bonds. The van der Waals surface area contributed by atoms with Crippen LogP contribution in [-0.4, -0.2) is 21.9 Å². The quantitative estimate of drug-likeness (QED) is 0.587. The SMILES string of the molecule is Cc1cc2nc3s/c(=C\c4ccc(OCC(N)=O)cc4)c(=O)n3c2cc1C. The number of ether oxygens (including phenoxy) is 1. The first-order chi connectivity index (χ1) is 12.9. The van der Waals surface area contributed by atoms with Gasteiger partial charge in [-0.2, -0.15) is 0 Å². The first-order valence-corrected chi connectivity index (χ1v) is 9.19. The number of nitrogens with zero attached hydrogens (tertiary/aromatic N) is 2. The molecule has 2 aromatic heterocycles. The fraction of sp³-hybridized carbons (Fsp3) is 0.150. The maximum Gasteiger partial charge on any atom is 0.274 e. The molecule has 0 bridgehead atoms. The molecule has 0 unspecified atom stereocenters. The first-order valence-electron chi connectivity index (χ1n) is 8.37. The van der Waals surface area contributed by atoms with Crippen molar-refractivity contribution in [3.05, 3.63) is 68.0 Å². The van der Waals surface area contributed by atoms with Gasteiger partial charge < -0.3 is 10.5 Å². The molecule has 0 fully saturated rings. The third-order valence-corrected chi connectivity index (χ3v) is 5.38. The molecule has 4 rings (SSSR count). The highest BCUT2D eigenvalue weighted by Gasteiger charge is 2.12. The minimum atomic E-state index is -0.527. The molecule has 2 aromatic carbocycles. The number of aryl methyl sites for hydroxylation is 2. The lowest BCUT2D eigenvalue weighted by Crippen LogP contribution is -2.22. The van der Waals surface area contributed by atoms with Crippen molar-refractivity contribution in [2.24, 2.45) is 5.73 Å². The maximum absolute atomic E-state index is 12.9. The summed E-state index contributed by atoms with van der Waals surface area (Å²) in [4.78, 5) is 28.9. The normalized spacial score (nSPS) is 12.1. The number of carbonyl (C=O) groups is 1. The molecule has 0 aliphatic rings. The van der Waals surface area contributed by atoms with Crippen molar-refractivity contribution in [1.29, 1.82) is 0 Å². The van der Waals surface area contributed by atoms with Gasteiger partial charge in [-0.25, -0.2) is 9.38 Å². The van der Waals surface area contributed by atoms with Crippen LogP contribution in [0.2, 0.25) is 0 Å². The van der Waals surface area contributed by atoms with Gasteiger partial charge in [-0.1, -0.05) is 23.5 Å². The summed E-state index contributed by atoms with van der Waals surface area (Å²) in [6, 6.07) is 11.1. The monoisotopic (exact) mass is 379 g/mol. The summed E-state index contributed by atoms with van der Waals surface area (Å²) in [5.74, 6) is 0.0207. The number of aromatic nitrogens is 2. The number of thiazole rings is 1. The zero-order valence-electron chi connectivity index (χ0n) is 14.9. The predicted octanol–water partition coefficient (Wildman–Crippen LogP) is 1.94. The zero-order chi connectivity index (χ0) is 19.1. The Morgan fingerprint density at radius 2 is 1.93 bits per heavy atom. The smallest absolute Gasteiger partial charge is 0.274 e. The van der Waals surface area contributed by atoms with Gasteiger partial charge in [-0.15, -0.1) is 0 Å². The van der Waals surface area contributed by atoms with Crippen LogP contribution in [0.1, 0.15) is 16.7 Å². The number of fused-ring (bicyclic) bond motifs is 3. The fourth-order valence-electron chi connectivity index (χ4n) is 2.88. The molecule has 0 atom stereocenters. The largest absolute Gasteiger partial charge is 0.484 e. The average molecular weight is 379 g/mol. The van der Waals surface area contributed by atoms with E-state index in [-0.39, 0.29) is 12.2 Å². The van der Waals surface area contributed by atoms with Crippen LogP contribution >= 0.6 is 11.3 Å². The molecule has 0 aliphatic heterocycles. The summed E-state index contributed by atoms with van der Waals surface area (Å²) >= 11 is 1.37. The lowest BCUT2D eigenvalue weighted by Gasteiger charge is -2.03. The van der Waals surface area contributed by atoms with Crippen LogP contribution in [0.25, 0.3) is 22.1 Å². The molecule has 0 saturated carbocycles. The maximum atomic E-state index is 12.9. The molecule has 0 aliphatic carbocycles. The van der Waals surface area contributed by atoms with E-state index in [2.05, 4.69) is 4.98 Å². The topological polar surface area (TPSA) is 86.7 Å². The molecule has 0 saturated heterocycles. The summed E-state index contributed by atoms with van der Waals surface area (Å²) in [5.41, 5.74) is 9.81. The van der Waals surface area contributed by atoms with Gasteiger partial charge in [-0.3, -0.25) is 9.59 Å². The van der Waals surface area contributed by atoms with Crippen molar-refractivity contribution in [3.8, 4) is 5.75 Å². The zero-order valence-corrected chi connectivity index (χ0v) is 15.7. The van der Waals surface area contributed by atoms with Crippen molar-refractivity contribution >= 4 is 39.3 Å². The molecular formula is C20H17N3O3S. The first kappa shape index (κ1) is 17.2. The number of benzene rings is 2. The van der Waals surface area contributed by atoms with Gasteiger partial charge in [0, 0.05) is 0 Å². The second kappa shape index (κ2) is 6.51. The molecule has 0 radical (unpaired) electrons. The van der Waals surface area contributed by atoms with Crippen LogP contribution in [0.15, 0.2) is 41.2 Å². The van der Waals surface area contributed by atoms with E-state index in [9.17, 15) is 9.59 Å². The van der Waals surface area contributed by atoms with Crippen LogP contribution in [0.4, 0.5) is 0 Å². The summed E-state index contributed by atoms with van der Waals surface area (Å²) in [6.45, 7) is 3.90. The van der Waals surface area contributed by atoms with Crippen molar-refractivity contribution in [1.82, 2.24) is 9.38 Å². The molecule has 4 aromatic rings. The Bertz CT molecular complexity index is 1290. The van der Waals surface area contributed by atoms with Crippen LogP contribution in [0.3, 0.4) is 0 Å². The summed E-state index contributed by atoms with van der Waals surface area (Å²) in [6.07, 6.45) is 1.83. The molecule has 6 nitrogen and oxygen atoms in total. The fourth-order valence-corrected chi connectivity index (χ4v) is 3.87. The van der Waals surface area contributed by atoms with Crippen LogP contribution in [0, 0.1) is 13.8 Å². The van der Waals surface area contributed by atoms with Gasteiger partial charge in [0.1, 0.15) is 5.75 Å². The number of hydrogen-bond acceptors (Lipinski definition) is 5. The Hall–Kier alpha value is -3.19. The van der Waals surface area contributed by atoms with Gasteiger partial charge in [0.25, 0.3) is 11.5 Å². The lowest BCUT2D eigenvalue weighted by atomic mass is 10.1. The van der Waals surface area contributed by atoms with Crippen LogP contribution < -0.4 is 20.6 Å². The molecule has 27 heavy (non-hydrogen) atoms. The molecule has 2 N–H and O–H groups in total. The van der Waals surface area contributed by atoms with E-state index in [4.69, 9.17) is 10.5 Å². The van der Waals surface area contributed by atoms with E-state index in [0.29, 0.717) is 15.2 Å². The Kier molecular flexibility index (Phi) is 4.16. The van der Waals surface area contributed by atoms with E-state index in [1.165, 1.54) is 11.3 Å². The summed E-state index contributed by atoms with van der Waals surface area (Å²) < 4.78 is 7.52. The molecule has 0 spiro atoms. The predicted molar refractivity (Wildman–Crippen MR) is 106 cm³/mol. The molecule has 2 heterocycles. The van der Waals surface area contributed by atoms with Crippen molar-refractivity contribution < 1.29 is 9.53 Å². The third-order valence-electron chi connectivity index (χ3n) is 4.41. The van der Waals surface area contributed by atoms with E-state index >= 15 is 0 Å². The minimum absolute atomic E-state index is 0.0743. The Labute approximate surface area is 158 Å². The van der Waals surface area contributed by atoms with Gasteiger partial charge >= 0.3 is 0 Å². The van der Waals surface area contributed by atoms with E-state index in [1.54, 1.807) is 16.5 Å². The number of rotatable bonds is 4. The summed E-state index contributed by atoms with van der Waals surface area (Å²) in [7, 11) is 0. The van der Waals surface area contributed by atoms with Gasteiger partial charge in [0.2, 0.25) is 0 Å². The number of carbonyl (C=O) groups excluding carboxylic acids is 1. The van der Waals surface area contributed by atoms with Crippen LogP contribution in [-0.2, 0) is 4.79 Å². The summed E-state index contributed by atoms with van der Waals surface area (Å²) in [5, 5.41) is 0. The molecular weight excluding hydrogens is 362 g/mol. The average Bonchev–Trinajstić information content (AvgIpc) is 3.11. The van der Waals surface area contributed by atoms with Gasteiger partial charge in [0.05, 0.1) is 15.6 Å². The number of nitrogens with two attached hydrogens (primary N) is 1. The van der Waals surface area contributed by atoms with E-state index < -0.39 is 5.91 Å². The van der Waals surface area contributed by atoms with E-state index in [1.807, 2.05) is 44.2 Å². The highest BCUT2D eigenvalue weighted by molar-refractivity contribution is 7.15. The highest BCUT2D eigenvalue weighted by atomic mass is 32.1. The minimum Gasteiger partial charge on any atom is -0.484 e. The van der Waals surface area contributed by atoms with Crippen molar-refractivity contribution in [2.75, 3.05) is 6.61 Å². The third kappa shape index (κ3) is 3.17. The second-order valence-corrected chi connectivity index (χ2v) is 7.40. The highest BCUT2D eigenvalue weighted by Crippen LogP contribution is 2.20. The Balaban J connectivity index is 1.75. The Morgan fingerprint density at radius 3 is 2.63 bits per heavy atom. The second-order valence-electron chi connectivity index (χ2n) is 6.39. The van der Waals surface area contributed by atoms with Gasteiger partial charge in [0.15, 0.2) is 11.6 Å². The number of hydrogen-bond donors (Lipinski definition) is 1. The standard InChI is InChI=1S/C20H17N3O3S/c1-11-7-15-16(8-12(11)2)23-19(25)17(27-20(23)22-15)9-13-3-5-14(6-4-13)26-10-18(21)24/h3-9H,10H2,1-2H3,(H2,21,24)/b17-9-. The van der Waals surface area contributed by atoms with Crippen molar-refractivity contribution in [3.63, 3.8) is 0 Å².